The molecule has 1 aromatic carbocycles. The fourth-order valence-corrected chi connectivity index (χ4v) is 4.15. The maximum atomic E-state index is 13.2. The van der Waals surface area contributed by atoms with Crippen LogP contribution in [0.2, 0.25) is 0 Å². The number of carboxylic acids is 1. The van der Waals surface area contributed by atoms with E-state index < -0.39 is 36.0 Å². The summed E-state index contributed by atoms with van der Waals surface area (Å²) in [6, 6.07) is 7.11. The van der Waals surface area contributed by atoms with Gasteiger partial charge in [0.25, 0.3) is 5.91 Å². The molecule has 1 aromatic rings. The number of hydrogen-bond acceptors (Lipinski definition) is 5. The second-order valence-electron chi connectivity index (χ2n) is 8.47. The Kier molecular flexibility index (Phi) is 7.17. The third-order valence-electron chi connectivity index (χ3n) is 5.90. The highest BCUT2D eigenvalue weighted by Gasteiger charge is 2.46. The highest BCUT2D eigenvalue weighted by atomic mass is 16.5. The van der Waals surface area contributed by atoms with Crippen LogP contribution in [-0.2, 0) is 25.7 Å². The summed E-state index contributed by atoms with van der Waals surface area (Å²) < 4.78 is 5.13. The van der Waals surface area contributed by atoms with Gasteiger partial charge >= 0.3 is 12.1 Å². The number of aliphatic carboxylic acids is 1. The van der Waals surface area contributed by atoms with Crippen molar-refractivity contribution >= 4 is 23.9 Å². The van der Waals surface area contributed by atoms with Crippen LogP contribution in [0, 0.1) is 5.92 Å². The Morgan fingerprint density at radius 2 is 1.84 bits per heavy atom. The number of hydrogen-bond donors (Lipinski definition) is 3. The van der Waals surface area contributed by atoms with E-state index in [-0.39, 0.29) is 24.3 Å². The zero-order valence-corrected chi connectivity index (χ0v) is 18.5. The predicted molar refractivity (Wildman–Crippen MR) is 115 cm³/mol. The Balaban J connectivity index is 1.65. The Hall–Kier alpha value is -3.36. The highest BCUT2D eigenvalue weighted by Crippen LogP contribution is 2.37. The first-order chi connectivity index (χ1) is 15.2. The molecule has 0 radical (unpaired) electrons. The van der Waals surface area contributed by atoms with Crippen LogP contribution in [-0.4, -0.2) is 52.0 Å². The second kappa shape index (κ2) is 9.84. The maximum absolute atomic E-state index is 13.2. The van der Waals surface area contributed by atoms with Gasteiger partial charge in [-0.25, -0.2) is 9.59 Å². The molecule has 2 heterocycles. The first-order valence-corrected chi connectivity index (χ1v) is 10.8. The van der Waals surface area contributed by atoms with E-state index >= 15 is 0 Å². The Morgan fingerprint density at radius 3 is 2.47 bits per heavy atom. The second-order valence-corrected chi connectivity index (χ2v) is 8.47. The lowest BCUT2D eigenvalue weighted by Gasteiger charge is -2.36. The molecule has 0 unspecified atom stereocenters. The molecule has 0 bridgehead atoms. The van der Waals surface area contributed by atoms with Crippen LogP contribution in [0.1, 0.15) is 45.6 Å². The SMILES string of the molecule is CC(C)C1=C(NC(=O)[C@H](C)NC(=O)OCc2ccccc2)C(=O)N2[C@@H](CC[C@H]2C(=O)O)C1. The quantitative estimate of drug-likeness (QED) is 0.593. The van der Waals surface area contributed by atoms with Crippen LogP contribution in [0.4, 0.5) is 4.79 Å². The fraction of sp³-hybridized carbons (Fsp3) is 0.478. The molecule has 0 aromatic heterocycles. The summed E-state index contributed by atoms with van der Waals surface area (Å²) >= 11 is 0. The van der Waals surface area contributed by atoms with Crippen molar-refractivity contribution in [3.63, 3.8) is 0 Å². The van der Waals surface area contributed by atoms with Gasteiger partial charge in [0.05, 0.1) is 0 Å². The molecule has 9 heteroatoms. The lowest BCUT2D eigenvalue weighted by atomic mass is 9.89. The standard InChI is InChI=1S/C23H29N3O6/c1-13(2)17-11-16-9-10-18(22(29)30)26(16)21(28)19(17)25-20(27)14(3)24-23(31)32-12-15-7-5-4-6-8-15/h4-8,13-14,16,18H,9-12H2,1-3H3,(H,24,31)(H,25,27)(H,29,30)/t14-,16-,18-/m0/s1. The molecule has 1 saturated heterocycles. The van der Waals surface area contributed by atoms with Crippen molar-refractivity contribution in [2.45, 2.75) is 64.8 Å². The number of ether oxygens (including phenoxy) is 1. The van der Waals surface area contributed by atoms with E-state index in [2.05, 4.69) is 10.6 Å². The number of amides is 3. The number of nitrogens with zero attached hydrogens (tertiary/aromatic N) is 1. The van der Waals surface area contributed by atoms with Gasteiger partial charge in [0.2, 0.25) is 5.91 Å². The molecule has 9 nitrogen and oxygen atoms in total. The van der Waals surface area contributed by atoms with Gasteiger partial charge in [-0.3, -0.25) is 9.59 Å². The first kappa shape index (κ1) is 23.3. The molecule has 0 saturated carbocycles. The van der Waals surface area contributed by atoms with Gasteiger partial charge in [-0.05, 0) is 43.2 Å². The molecule has 0 spiro atoms. The van der Waals surface area contributed by atoms with E-state index in [0.29, 0.717) is 19.3 Å². The smallest absolute Gasteiger partial charge is 0.408 e. The monoisotopic (exact) mass is 443 g/mol. The number of carbonyl (C=O) groups excluding carboxylic acids is 3. The summed E-state index contributed by atoms with van der Waals surface area (Å²) in [6.07, 6.45) is 0.772. The van der Waals surface area contributed by atoms with Gasteiger partial charge in [-0.15, -0.1) is 0 Å². The van der Waals surface area contributed by atoms with E-state index in [1.165, 1.54) is 11.8 Å². The van der Waals surface area contributed by atoms with Crippen LogP contribution >= 0.6 is 0 Å². The normalized spacial score (nSPS) is 21.2. The molecule has 2 aliphatic rings. The van der Waals surface area contributed by atoms with E-state index in [1.807, 2.05) is 44.2 Å². The molecule has 3 rings (SSSR count). The first-order valence-electron chi connectivity index (χ1n) is 10.8. The zero-order chi connectivity index (χ0) is 23.4. The Labute approximate surface area is 186 Å². The molecule has 32 heavy (non-hydrogen) atoms. The minimum absolute atomic E-state index is 0.000573. The highest BCUT2D eigenvalue weighted by molar-refractivity contribution is 6.02. The number of fused-ring (bicyclic) bond motifs is 1. The lowest BCUT2D eigenvalue weighted by molar-refractivity contribution is -0.148. The number of alkyl carbamates (subject to hydrolysis) is 1. The largest absolute Gasteiger partial charge is 0.480 e. The average molecular weight is 444 g/mol. The van der Waals surface area contributed by atoms with E-state index in [0.717, 1.165) is 11.1 Å². The number of carbonyl (C=O) groups is 4. The summed E-state index contributed by atoms with van der Waals surface area (Å²) in [7, 11) is 0. The van der Waals surface area contributed by atoms with Crippen molar-refractivity contribution < 1.29 is 29.0 Å². The molecular weight excluding hydrogens is 414 g/mol. The molecule has 2 aliphatic heterocycles. The number of carboxylic acid groups (broad SMARTS) is 1. The van der Waals surface area contributed by atoms with Gasteiger partial charge < -0.3 is 25.4 Å². The molecule has 0 aliphatic carbocycles. The summed E-state index contributed by atoms with van der Waals surface area (Å²) in [5.74, 6) is -2.11. The van der Waals surface area contributed by atoms with Gasteiger partial charge in [0, 0.05) is 6.04 Å². The van der Waals surface area contributed by atoms with Gasteiger partial charge in [0.15, 0.2) is 0 Å². The third-order valence-corrected chi connectivity index (χ3v) is 5.90. The Morgan fingerprint density at radius 1 is 1.16 bits per heavy atom. The van der Waals surface area contributed by atoms with Crippen molar-refractivity contribution in [2.75, 3.05) is 0 Å². The molecule has 3 atom stereocenters. The van der Waals surface area contributed by atoms with Crippen LogP contribution in [0.25, 0.3) is 0 Å². The topological polar surface area (TPSA) is 125 Å². The minimum atomic E-state index is -1.05. The van der Waals surface area contributed by atoms with Crippen LogP contribution < -0.4 is 10.6 Å². The van der Waals surface area contributed by atoms with Crippen molar-refractivity contribution in [3.8, 4) is 0 Å². The van der Waals surface area contributed by atoms with Gasteiger partial charge in [-0.1, -0.05) is 44.2 Å². The molecular formula is C23H29N3O6. The van der Waals surface area contributed by atoms with Crippen molar-refractivity contribution in [1.29, 1.82) is 0 Å². The lowest BCUT2D eigenvalue weighted by Crippen LogP contribution is -2.53. The summed E-state index contributed by atoms with van der Waals surface area (Å²) in [5.41, 5.74) is 1.71. The minimum Gasteiger partial charge on any atom is -0.480 e. The van der Waals surface area contributed by atoms with E-state index in [4.69, 9.17) is 4.74 Å². The molecule has 172 valence electrons. The van der Waals surface area contributed by atoms with E-state index in [1.54, 1.807) is 0 Å². The maximum Gasteiger partial charge on any atom is 0.408 e. The van der Waals surface area contributed by atoms with Crippen molar-refractivity contribution in [2.24, 2.45) is 5.92 Å². The molecule has 3 amide bonds. The predicted octanol–water partition coefficient (Wildman–Crippen LogP) is 2.18. The van der Waals surface area contributed by atoms with Gasteiger partial charge in [-0.2, -0.15) is 0 Å². The summed E-state index contributed by atoms with van der Waals surface area (Å²) in [6.45, 7) is 5.41. The van der Waals surface area contributed by atoms with Gasteiger partial charge in [0.1, 0.15) is 24.4 Å². The summed E-state index contributed by atoms with van der Waals surface area (Å²) in [4.78, 5) is 50.9. The summed E-state index contributed by atoms with van der Waals surface area (Å²) in [5, 5.41) is 14.6. The average Bonchev–Trinajstić information content (AvgIpc) is 3.19. The van der Waals surface area contributed by atoms with Crippen molar-refractivity contribution in [1.82, 2.24) is 15.5 Å². The van der Waals surface area contributed by atoms with Crippen molar-refractivity contribution in [3.05, 3.63) is 47.2 Å². The molecule has 1 fully saturated rings. The van der Waals surface area contributed by atoms with Crippen LogP contribution in [0.5, 0.6) is 0 Å². The number of rotatable bonds is 7. The number of nitrogens with one attached hydrogen (secondary N) is 2. The Bertz CT molecular complexity index is 927. The fourth-order valence-electron chi connectivity index (χ4n) is 4.15. The zero-order valence-electron chi connectivity index (χ0n) is 18.5. The molecule has 3 N–H and O–H groups in total. The van der Waals surface area contributed by atoms with Crippen LogP contribution in [0.15, 0.2) is 41.6 Å². The third kappa shape index (κ3) is 5.09. The van der Waals surface area contributed by atoms with Crippen LogP contribution in [0.3, 0.4) is 0 Å². The van der Waals surface area contributed by atoms with E-state index in [9.17, 15) is 24.3 Å². The number of benzene rings is 1.